The molecule has 2 aromatic heterocycles. The SMILES string of the molecule is C[C@@H]1C[C@@H](C)CN(CCCNC(=O)Cn2c(=O)c3cccn3c3ccccc32)C1. The van der Waals surface area contributed by atoms with Crippen LogP contribution in [0.1, 0.15) is 26.7 Å². The number of amides is 1. The highest BCUT2D eigenvalue weighted by Crippen LogP contribution is 2.20. The number of para-hydroxylation sites is 2. The molecule has 4 rings (SSSR count). The second-order valence-corrected chi connectivity index (χ2v) is 8.55. The van der Waals surface area contributed by atoms with Crippen LogP contribution in [0.4, 0.5) is 0 Å². The number of nitrogens with zero attached hydrogens (tertiary/aromatic N) is 3. The minimum atomic E-state index is -0.139. The minimum Gasteiger partial charge on any atom is -0.355 e. The van der Waals surface area contributed by atoms with Crippen LogP contribution in [0.5, 0.6) is 0 Å². The molecular formula is C23H30N4O2. The van der Waals surface area contributed by atoms with Gasteiger partial charge in [-0.05, 0) is 55.5 Å². The fourth-order valence-corrected chi connectivity index (χ4v) is 4.77. The van der Waals surface area contributed by atoms with Gasteiger partial charge in [-0.1, -0.05) is 26.0 Å². The van der Waals surface area contributed by atoms with Crippen molar-refractivity contribution in [1.29, 1.82) is 0 Å². The Morgan fingerprint density at radius 1 is 1.03 bits per heavy atom. The van der Waals surface area contributed by atoms with Crippen LogP contribution < -0.4 is 10.9 Å². The van der Waals surface area contributed by atoms with Crippen LogP contribution in [0.25, 0.3) is 16.6 Å². The molecule has 0 spiro atoms. The molecule has 1 aromatic carbocycles. The molecule has 6 heteroatoms. The van der Waals surface area contributed by atoms with Gasteiger partial charge in [-0.3, -0.25) is 14.2 Å². The number of piperidine rings is 1. The maximum Gasteiger partial charge on any atom is 0.275 e. The van der Waals surface area contributed by atoms with Crippen molar-refractivity contribution in [3.05, 3.63) is 52.9 Å². The summed E-state index contributed by atoms with van der Waals surface area (Å²) in [6.07, 6.45) is 4.12. The highest BCUT2D eigenvalue weighted by atomic mass is 16.2. The van der Waals surface area contributed by atoms with Crippen LogP contribution >= 0.6 is 0 Å². The smallest absolute Gasteiger partial charge is 0.275 e. The predicted octanol–water partition coefficient (Wildman–Crippen LogP) is 2.74. The summed E-state index contributed by atoms with van der Waals surface area (Å²) in [6.45, 7) is 8.61. The van der Waals surface area contributed by atoms with E-state index < -0.39 is 0 Å². The summed E-state index contributed by atoms with van der Waals surface area (Å²) in [5.41, 5.74) is 2.14. The van der Waals surface area contributed by atoms with Gasteiger partial charge in [-0.25, -0.2) is 0 Å². The molecule has 29 heavy (non-hydrogen) atoms. The maximum absolute atomic E-state index is 12.9. The second kappa shape index (κ2) is 8.41. The fourth-order valence-electron chi connectivity index (χ4n) is 4.77. The first-order valence-corrected chi connectivity index (χ1v) is 10.6. The van der Waals surface area contributed by atoms with Crippen LogP contribution in [0.2, 0.25) is 0 Å². The number of aromatic nitrogens is 2. The quantitative estimate of drug-likeness (QED) is 0.654. The lowest BCUT2D eigenvalue weighted by Crippen LogP contribution is -2.40. The van der Waals surface area contributed by atoms with E-state index in [0.29, 0.717) is 12.1 Å². The summed E-state index contributed by atoms with van der Waals surface area (Å²) in [6, 6.07) is 11.4. The number of nitrogens with one attached hydrogen (secondary N) is 1. The van der Waals surface area contributed by atoms with E-state index in [1.54, 1.807) is 10.6 Å². The van der Waals surface area contributed by atoms with Crippen LogP contribution in [0.15, 0.2) is 47.4 Å². The first-order valence-electron chi connectivity index (χ1n) is 10.6. The molecule has 2 atom stereocenters. The van der Waals surface area contributed by atoms with E-state index in [9.17, 15) is 9.59 Å². The topological polar surface area (TPSA) is 58.8 Å². The van der Waals surface area contributed by atoms with E-state index in [2.05, 4.69) is 24.1 Å². The molecule has 6 nitrogen and oxygen atoms in total. The first kappa shape index (κ1) is 19.7. The monoisotopic (exact) mass is 394 g/mol. The third kappa shape index (κ3) is 4.22. The van der Waals surface area contributed by atoms with Gasteiger partial charge in [0.05, 0.1) is 11.0 Å². The average Bonchev–Trinajstić information content (AvgIpc) is 3.18. The fraction of sp³-hybridized carbons (Fsp3) is 0.478. The Morgan fingerprint density at radius 3 is 2.48 bits per heavy atom. The molecule has 1 fully saturated rings. The summed E-state index contributed by atoms with van der Waals surface area (Å²) in [5, 5.41) is 2.99. The Labute approximate surface area is 171 Å². The zero-order valence-electron chi connectivity index (χ0n) is 17.3. The number of rotatable bonds is 6. The molecule has 1 aliphatic heterocycles. The van der Waals surface area contributed by atoms with Crippen molar-refractivity contribution < 1.29 is 4.79 Å². The molecule has 1 saturated heterocycles. The average molecular weight is 395 g/mol. The van der Waals surface area contributed by atoms with Gasteiger partial charge in [-0.15, -0.1) is 0 Å². The third-order valence-electron chi connectivity index (χ3n) is 5.86. The number of likely N-dealkylation sites (tertiary alicyclic amines) is 1. The molecule has 0 unspecified atom stereocenters. The third-order valence-corrected chi connectivity index (χ3v) is 5.86. The van der Waals surface area contributed by atoms with Gasteiger partial charge in [0.15, 0.2) is 0 Å². The number of carbonyl (C=O) groups is 1. The van der Waals surface area contributed by atoms with Crippen LogP contribution in [-0.4, -0.2) is 46.0 Å². The number of benzene rings is 1. The Morgan fingerprint density at radius 2 is 1.72 bits per heavy atom. The molecule has 0 saturated carbocycles. The van der Waals surface area contributed by atoms with Crippen molar-refractivity contribution in [3.8, 4) is 0 Å². The van der Waals surface area contributed by atoms with Crippen molar-refractivity contribution in [1.82, 2.24) is 19.2 Å². The lowest BCUT2D eigenvalue weighted by Gasteiger charge is -2.34. The Kier molecular flexibility index (Phi) is 5.72. The van der Waals surface area contributed by atoms with Gasteiger partial charge in [0.2, 0.25) is 5.91 Å². The Hall–Kier alpha value is -2.60. The molecular weight excluding hydrogens is 364 g/mol. The van der Waals surface area contributed by atoms with Crippen LogP contribution in [0, 0.1) is 11.8 Å². The van der Waals surface area contributed by atoms with Gasteiger partial charge in [0.25, 0.3) is 5.56 Å². The summed E-state index contributed by atoms with van der Waals surface area (Å²) >= 11 is 0. The predicted molar refractivity (Wildman–Crippen MR) is 116 cm³/mol. The molecule has 0 aliphatic carbocycles. The van der Waals surface area contributed by atoms with Crippen molar-refractivity contribution in [2.75, 3.05) is 26.2 Å². The lowest BCUT2D eigenvalue weighted by atomic mass is 9.92. The van der Waals surface area contributed by atoms with Gasteiger partial charge < -0.3 is 14.6 Å². The standard InChI is InChI=1S/C23H30N4O2/c1-17-13-18(2)15-25(14-17)11-6-10-24-22(28)16-27-20-8-4-3-7-19(20)26-12-5-9-21(26)23(27)29/h3-5,7-9,12,17-18H,6,10-11,13-16H2,1-2H3,(H,24,28)/t17-,18-/m1/s1. The lowest BCUT2D eigenvalue weighted by molar-refractivity contribution is -0.121. The van der Waals surface area contributed by atoms with E-state index in [4.69, 9.17) is 0 Å². The van der Waals surface area contributed by atoms with Gasteiger partial charge >= 0.3 is 0 Å². The van der Waals surface area contributed by atoms with Gasteiger partial charge in [0, 0.05) is 25.8 Å². The Bertz CT molecular complexity index is 1060. The molecule has 3 heterocycles. The second-order valence-electron chi connectivity index (χ2n) is 8.55. The summed E-state index contributed by atoms with van der Waals surface area (Å²) in [4.78, 5) is 27.9. The van der Waals surface area contributed by atoms with Crippen LogP contribution in [0.3, 0.4) is 0 Å². The van der Waals surface area contributed by atoms with E-state index in [0.717, 1.165) is 48.9 Å². The molecule has 0 bridgehead atoms. The summed E-state index contributed by atoms with van der Waals surface area (Å²) in [5.74, 6) is 1.38. The number of hydrogen-bond acceptors (Lipinski definition) is 3. The molecule has 1 N–H and O–H groups in total. The zero-order chi connectivity index (χ0) is 20.4. The first-order chi connectivity index (χ1) is 14.0. The number of fused-ring (bicyclic) bond motifs is 3. The Balaban J connectivity index is 1.39. The minimum absolute atomic E-state index is 0.0405. The maximum atomic E-state index is 12.9. The van der Waals surface area contributed by atoms with Crippen LogP contribution in [-0.2, 0) is 11.3 Å². The molecule has 154 valence electrons. The summed E-state index contributed by atoms with van der Waals surface area (Å²) < 4.78 is 3.46. The number of hydrogen-bond donors (Lipinski definition) is 1. The number of carbonyl (C=O) groups excluding carboxylic acids is 1. The highest BCUT2D eigenvalue weighted by Gasteiger charge is 2.21. The van der Waals surface area contributed by atoms with Crippen molar-refractivity contribution in [2.24, 2.45) is 11.8 Å². The molecule has 3 aromatic rings. The highest BCUT2D eigenvalue weighted by molar-refractivity contribution is 5.82. The van der Waals surface area contributed by atoms with Crippen molar-refractivity contribution in [3.63, 3.8) is 0 Å². The van der Waals surface area contributed by atoms with E-state index >= 15 is 0 Å². The van der Waals surface area contributed by atoms with E-state index in [1.165, 1.54) is 6.42 Å². The molecule has 0 radical (unpaired) electrons. The van der Waals surface area contributed by atoms with Gasteiger partial charge in [-0.2, -0.15) is 0 Å². The van der Waals surface area contributed by atoms with Gasteiger partial charge in [0.1, 0.15) is 12.1 Å². The van der Waals surface area contributed by atoms with E-state index in [1.807, 2.05) is 40.9 Å². The zero-order valence-corrected chi connectivity index (χ0v) is 17.3. The summed E-state index contributed by atoms with van der Waals surface area (Å²) in [7, 11) is 0. The normalized spacial score (nSPS) is 20.3. The van der Waals surface area contributed by atoms with Crippen molar-refractivity contribution >= 4 is 22.5 Å². The largest absolute Gasteiger partial charge is 0.355 e. The molecule has 1 aliphatic rings. The van der Waals surface area contributed by atoms with Crippen molar-refractivity contribution in [2.45, 2.75) is 33.2 Å². The molecule has 1 amide bonds. The van der Waals surface area contributed by atoms with E-state index in [-0.39, 0.29) is 18.0 Å².